The number of imide groups is 1. The average molecular weight is 339 g/mol. The summed E-state index contributed by atoms with van der Waals surface area (Å²) in [6.07, 6.45) is 10.3. The number of rotatable bonds is 7. The summed E-state index contributed by atoms with van der Waals surface area (Å²) in [5.41, 5.74) is 5.41. The van der Waals surface area contributed by atoms with Crippen molar-refractivity contribution in [2.24, 2.45) is 5.92 Å². The zero-order valence-electron chi connectivity index (χ0n) is 15.7. The van der Waals surface area contributed by atoms with Gasteiger partial charge in [-0.05, 0) is 53.9 Å². The van der Waals surface area contributed by atoms with Crippen LogP contribution in [-0.2, 0) is 28.9 Å². The van der Waals surface area contributed by atoms with Crippen LogP contribution in [0.25, 0.3) is 0 Å². The van der Waals surface area contributed by atoms with Gasteiger partial charge in [-0.1, -0.05) is 52.2 Å². The van der Waals surface area contributed by atoms with Gasteiger partial charge in [-0.3, -0.25) is 14.5 Å². The molecule has 2 aliphatic rings. The average Bonchev–Trinajstić information content (AvgIpc) is 3.08. The van der Waals surface area contributed by atoms with Crippen molar-refractivity contribution < 1.29 is 9.59 Å². The standard InChI is InChI=1S/C22H29NO2/c1-4-7-15-12-16(8-5-2)18-14-17(9-6-3)22(19(18)13-15)23-20(24)10-11-21(23)25/h10-13,17,22H,4-9,14H2,1-3H3/t17-,22-/m0/s1. The van der Waals surface area contributed by atoms with Crippen LogP contribution in [0, 0.1) is 5.92 Å². The van der Waals surface area contributed by atoms with Gasteiger partial charge in [0.25, 0.3) is 11.8 Å². The van der Waals surface area contributed by atoms with Crippen LogP contribution in [0.3, 0.4) is 0 Å². The van der Waals surface area contributed by atoms with Crippen LogP contribution in [0.4, 0.5) is 0 Å². The first kappa shape index (κ1) is 17.9. The summed E-state index contributed by atoms with van der Waals surface area (Å²) < 4.78 is 0. The Labute approximate surface area is 151 Å². The van der Waals surface area contributed by atoms with Crippen LogP contribution in [0.5, 0.6) is 0 Å². The highest BCUT2D eigenvalue weighted by Gasteiger charge is 2.42. The van der Waals surface area contributed by atoms with Gasteiger partial charge >= 0.3 is 0 Å². The lowest BCUT2D eigenvalue weighted by Gasteiger charge is -2.29. The van der Waals surface area contributed by atoms with Crippen molar-refractivity contribution in [3.63, 3.8) is 0 Å². The molecule has 1 aliphatic heterocycles. The number of carbonyl (C=O) groups is 2. The zero-order valence-corrected chi connectivity index (χ0v) is 15.7. The van der Waals surface area contributed by atoms with Gasteiger partial charge in [-0.2, -0.15) is 0 Å². The minimum Gasteiger partial charge on any atom is -0.269 e. The van der Waals surface area contributed by atoms with Gasteiger partial charge in [0.05, 0.1) is 6.04 Å². The number of hydrogen-bond donors (Lipinski definition) is 0. The van der Waals surface area contributed by atoms with Crippen LogP contribution in [0.1, 0.15) is 74.8 Å². The summed E-state index contributed by atoms with van der Waals surface area (Å²) in [4.78, 5) is 26.3. The number of fused-ring (bicyclic) bond motifs is 1. The fraction of sp³-hybridized carbons (Fsp3) is 0.545. The van der Waals surface area contributed by atoms with E-state index >= 15 is 0 Å². The van der Waals surface area contributed by atoms with Gasteiger partial charge in [0.2, 0.25) is 0 Å². The summed E-state index contributed by atoms with van der Waals surface area (Å²) in [5.74, 6) is 0.0454. The molecule has 3 heteroatoms. The molecule has 3 rings (SSSR count). The molecule has 0 unspecified atom stereocenters. The van der Waals surface area contributed by atoms with Gasteiger partial charge in [-0.25, -0.2) is 0 Å². The van der Waals surface area contributed by atoms with Gasteiger partial charge in [0.15, 0.2) is 0 Å². The van der Waals surface area contributed by atoms with Crippen molar-refractivity contribution in [2.75, 3.05) is 0 Å². The predicted octanol–water partition coefficient (Wildman–Crippen LogP) is 4.53. The van der Waals surface area contributed by atoms with Crippen molar-refractivity contribution >= 4 is 11.8 Å². The molecule has 0 radical (unpaired) electrons. The van der Waals surface area contributed by atoms with E-state index in [1.807, 2.05) is 0 Å². The van der Waals surface area contributed by atoms with Crippen LogP contribution >= 0.6 is 0 Å². The van der Waals surface area contributed by atoms with Crippen LogP contribution in [0.2, 0.25) is 0 Å². The predicted molar refractivity (Wildman–Crippen MR) is 100 cm³/mol. The lowest BCUT2D eigenvalue weighted by atomic mass is 9.93. The summed E-state index contributed by atoms with van der Waals surface area (Å²) >= 11 is 0. The van der Waals surface area contributed by atoms with Crippen LogP contribution < -0.4 is 0 Å². The van der Waals surface area contributed by atoms with Crippen molar-refractivity contribution in [1.29, 1.82) is 0 Å². The number of benzene rings is 1. The second-order valence-corrected chi connectivity index (χ2v) is 7.40. The van der Waals surface area contributed by atoms with Crippen molar-refractivity contribution in [3.05, 3.63) is 46.5 Å². The highest BCUT2D eigenvalue weighted by molar-refractivity contribution is 6.13. The molecular weight excluding hydrogens is 310 g/mol. The second kappa shape index (κ2) is 7.55. The lowest BCUT2D eigenvalue weighted by molar-refractivity contribution is -0.140. The zero-order chi connectivity index (χ0) is 18.0. The minimum atomic E-state index is -0.151. The molecule has 0 spiro atoms. The molecule has 2 atom stereocenters. The summed E-state index contributed by atoms with van der Waals surface area (Å²) in [5, 5.41) is 0. The fourth-order valence-electron chi connectivity index (χ4n) is 4.56. The van der Waals surface area contributed by atoms with E-state index in [0.29, 0.717) is 5.92 Å². The first-order chi connectivity index (χ1) is 12.1. The van der Waals surface area contributed by atoms with E-state index in [9.17, 15) is 9.59 Å². The molecule has 0 fully saturated rings. The molecule has 1 aromatic carbocycles. The fourth-order valence-corrected chi connectivity index (χ4v) is 4.56. The highest BCUT2D eigenvalue weighted by Crippen LogP contribution is 2.45. The van der Waals surface area contributed by atoms with E-state index in [0.717, 1.165) is 44.9 Å². The molecular formula is C22H29NO2. The molecule has 0 bridgehead atoms. The Hall–Kier alpha value is -1.90. The Morgan fingerprint density at radius 3 is 2.24 bits per heavy atom. The molecule has 1 aliphatic carbocycles. The Balaban J connectivity index is 2.08. The van der Waals surface area contributed by atoms with E-state index in [4.69, 9.17) is 0 Å². The number of aryl methyl sites for hydroxylation is 2. The first-order valence-electron chi connectivity index (χ1n) is 9.80. The molecule has 2 amide bonds. The summed E-state index contributed by atoms with van der Waals surface area (Å²) in [6.45, 7) is 6.59. The molecule has 0 aromatic heterocycles. The maximum absolute atomic E-state index is 12.4. The van der Waals surface area contributed by atoms with Crippen LogP contribution in [-0.4, -0.2) is 16.7 Å². The Morgan fingerprint density at radius 1 is 0.960 bits per heavy atom. The van der Waals surface area contributed by atoms with E-state index in [1.165, 1.54) is 39.3 Å². The van der Waals surface area contributed by atoms with E-state index in [1.54, 1.807) is 0 Å². The maximum Gasteiger partial charge on any atom is 0.254 e. The topological polar surface area (TPSA) is 37.4 Å². The van der Waals surface area contributed by atoms with Gasteiger partial charge in [0.1, 0.15) is 0 Å². The highest BCUT2D eigenvalue weighted by atomic mass is 16.2. The number of carbonyl (C=O) groups excluding carboxylic acids is 2. The first-order valence-corrected chi connectivity index (χ1v) is 9.80. The lowest BCUT2D eigenvalue weighted by Crippen LogP contribution is -2.36. The van der Waals surface area contributed by atoms with Crippen LogP contribution in [0.15, 0.2) is 24.3 Å². The van der Waals surface area contributed by atoms with E-state index in [-0.39, 0.29) is 17.9 Å². The number of amides is 2. The third kappa shape index (κ3) is 3.29. The third-order valence-corrected chi connectivity index (χ3v) is 5.51. The molecule has 1 aromatic rings. The Morgan fingerprint density at radius 2 is 1.64 bits per heavy atom. The Bertz CT molecular complexity index is 686. The number of hydrogen-bond acceptors (Lipinski definition) is 2. The largest absolute Gasteiger partial charge is 0.269 e. The van der Waals surface area contributed by atoms with Gasteiger partial charge in [-0.15, -0.1) is 0 Å². The monoisotopic (exact) mass is 339 g/mol. The molecule has 25 heavy (non-hydrogen) atoms. The summed E-state index contributed by atoms with van der Waals surface area (Å²) in [7, 11) is 0. The second-order valence-electron chi connectivity index (χ2n) is 7.40. The van der Waals surface area contributed by atoms with Crippen molar-refractivity contribution in [1.82, 2.24) is 4.90 Å². The molecule has 0 saturated heterocycles. The molecule has 1 heterocycles. The Kier molecular flexibility index (Phi) is 5.41. The van der Waals surface area contributed by atoms with E-state index in [2.05, 4.69) is 32.9 Å². The molecule has 134 valence electrons. The smallest absolute Gasteiger partial charge is 0.254 e. The molecule has 0 N–H and O–H groups in total. The van der Waals surface area contributed by atoms with Crippen molar-refractivity contribution in [3.8, 4) is 0 Å². The SMILES string of the molecule is CCCc1cc(CCC)c2c(c1)[C@@H](N1C(=O)C=CC1=O)[C@@H](CCC)C2. The maximum atomic E-state index is 12.4. The van der Waals surface area contributed by atoms with Gasteiger partial charge in [0, 0.05) is 12.2 Å². The normalized spacial score (nSPS) is 22.1. The molecule has 0 saturated carbocycles. The third-order valence-electron chi connectivity index (χ3n) is 5.51. The summed E-state index contributed by atoms with van der Waals surface area (Å²) in [6, 6.07) is 4.55. The number of nitrogens with zero attached hydrogens (tertiary/aromatic N) is 1. The molecule has 3 nitrogen and oxygen atoms in total. The quantitative estimate of drug-likeness (QED) is 0.684. The van der Waals surface area contributed by atoms with E-state index < -0.39 is 0 Å². The van der Waals surface area contributed by atoms with Gasteiger partial charge < -0.3 is 0 Å². The van der Waals surface area contributed by atoms with Crippen molar-refractivity contribution in [2.45, 2.75) is 71.8 Å². The minimum absolute atomic E-state index is 0.0858.